The summed E-state index contributed by atoms with van der Waals surface area (Å²) < 4.78 is 5.20. The van der Waals surface area contributed by atoms with E-state index in [1.54, 1.807) is 43.0 Å². The van der Waals surface area contributed by atoms with E-state index in [0.717, 1.165) is 0 Å². The maximum atomic E-state index is 12.6. The number of rotatable bonds is 4. The molecule has 2 amide bonds. The van der Waals surface area contributed by atoms with Gasteiger partial charge in [-0.15, -0.1) is 0 Å². The average molecular weight is 343 g/mol. The van der Waals surface area contributed by atoms with Crippen LogP contribution in [-0.2, 0) is 16.0 Å². The van der Waals surface area contributed by atoms with Gasteiger partial charge in [-0.2, -0.15) is 4.98 Å². The lowest BCUT2D eigenvalue weighted by Gasteiger charge is -2.44. The van der Waals surface area contributed by atoms with Crippen LogP contribution in [-0.4, -0.2) is 62.4 Å². The number of nitrogens with zero attached hydrogens (tertiary/aromatic N) is 5. The predicted octanol–water partition coefficient (Wildman–Crippen LogP) is 1.14. The van der Waals surface area contributed by atoms with E-state index in [1.807, 2.05) is 12.1 Å². The summed E-state index contributed by atoms with van der Waals surface area (Å²) in [7, 11) is 1.75. The van der Waals surface area contributed by atoms with Gasteiger partial charge in [0.2, 0.25) is 23.5 Å². The van der Waals surface area contributed by atoms with E-state index in [9.17, 15) is 9.59 Å². The number of amides is 2. The highest BCUT2D eigenvalue weighted by Gasteiger charge is 2.42. The second-order valence-corrected chi connectivity index (χ2v) is 6.56. The molecule has 0 spiro atoms. The van der Waals surface area contributed by atoms with Gasteiger partial charge in [-0.1, -0.05) is 11.2 Å². The van der Waals surface area contributed by atoms with Crippen molar-refractivity contribution < 1.29 is 14.1 Å². The van der Waals surface area contributed by atoms with Gasteiger partial charge in [0.15, 0.2) is 0 Å². The molecule has 0 aliphatic carbocycles. The molecule has 2 aromatic heterocycles. The molecule has 8 nitrogen and oxygen atoms in total. The minimum atomic E-state index is -0.835. The first kappa shape index (κ1) is 17.1. The maximum absolute atomic E-state index is 12.6. The largest absolute Gasteiger partial charge is 0.342 e. The Bertz CT molecular complexity index is 772. The monoisotopic (exact) mass is 343 g/mol. The quantitative estimate of drug-likeness (QED) is 0.827. The fourth-order valence-corrected chi connectivity index (χ4v) is 2.95. The molecule has 25 heavy (non-hydrogen) atoms. The van der Waals surface area contributed by atoms with E-state index < -0.39 is 5.54 Å². The van der Waals surface area contributed by atoms with E-state index in [4.69, 9.17) is 4.52 Å². The lowest BCUT2D eigenvalue weighted by molar-refractivity contribution is -0.157. The van der Waals surface area contributed by atoms with Crippen LogP contribution in [0.2, 0.25) is 0 Å². The van der Waals surface area contributed by atoms with E-state index in [-0.39, 0.29) is 18.2 Å². The fourth-order valence-electron chi connectivity index (χ4n) is 2.95. The number of aromatic nitrogens is 3. The van der Waals surface area contributed by atoms with Gasteiger partial charge in [-0.25, -0.2) is 0 Å². The van der Waals surface area contributed by atoms with Crippen LogP contribution in [0.3, 0.4) is 0 Å². The van der Waals surface area contributed by atoms with Crippen LogP contribution in [0.1, 0.15) is 26.2 Å². The number of carbonyl (C=O) groups excluding carboxylic acids is 2. The van der Waals surface area contributed by atoms with Crippen LogP contribution >= 0.6 is 0 Å². The summed E-state index contributed by atoms with van der Waals surface area (Å²) in [4.78, 5) is 36.6. The van der Waals surface area contributed by atoms with Crippen LogP contribution in [0.15, 0.2) is 28.9 Å². The molecule has 8 heteroatoms. The lowest BCUT2D eigenvalue weighted by Crippen LogP contribution is -2.63. The van der Waals surface area contributed by atoms with Crippen molar-refractivity contribution in [1.82, 2.24) is 24.9 Å². The van der Waals surface area contributed by atoms with Crippen LogP contribution < -0.4 is 0 Å². The van der Waals surface area contributed by atoms with Crippen molar-refractivity contribution in [3.8, 4) is 11.5 Å². The standard InChI is InChI=1S/C17H21N5O3/c1-17(2)16(24)21(3)10-11-22(17)14(23)8-7-13-19-15(20-25-13)12-6-4-5-9-18-12/h4-6,9H,7-8,10-11H2,1-3H3. The SMILES string of the molecule is CN1CCN(C(=O)CCc2nc(-c3ccccn3)no2)C(C)(C)C1=O. The number of pyridine rings is 1. The number of hydrogen-bond acceptors (Lipinski definition) is 6. The van der Waals surface area contributed by atoms with Crippen LogP contribution in [0.5, 0.6) is 0 Å². The highest BCUT2D eigenvalue weighted by Crippen LogP contribution is 2.23. The molecule has 1 fully saturated rings. The van der Waals surface area contributed by atoms with Crippen molar-refractivity contribution in [1.29, 1.82) is 0 Å². The molecule has 3 heterocycles. The van der Waals surface area contributed by atoms with Gasteiger partial charge in [0.1, 0.15) is 11.2 Å². The molecule has 0 aromatic carbocycles. The van der Waals surface area contributed by atoms with Crippen molar-refractivity contribution in [3.63, 3.8) is 0 Å². The Kier molecular flexibility index (Phi) is 4.52. The van der Waals surface area contributed by atoms with Gasteiger partial charge in [0, 0.05) is 39.2 Å². The Morgan fingerprint density at radius 3 is 2.84 bits per heavy atom. The highest BCUT2D eigenvalue weighted by molar-refractivity contribution is 5.91. The van der Waals surface area contributed by atoms with Crippen LogP contribution in [0.25, 0.3) is 11.5 Å². The molecular weight excluding hydrogens is 322 g/mol. The van der Waals surface area contributed by atoms with Gasteiger partial charge >= 0.3 is 0 Å². The van der Waals surface area contributed by atoms with Gasteiger partial charge in [-0.05, 0) is 26.0 Å². The molecule has 0 saturated carbocycles. The van der Waals surface area contributed by atoms with E-state index in [1.165, 1.54) is 0 Å². The number of hydrogen-bond donors (Lipinski definition) is 0. The van der Waals surface area contributed by atoms with Crippen LogP contribution in [0, 0.1) is 0 Å². The first-order valence-corrected chi connectivity index (χ1v) is 8.19. The Hall–Kier alpha value is -2.77. The Morgan fingerprint density at radius 1 is 1.32 bits per heavy atom. The Balaban J connectivity index is 1.63. The predicted molar refractivity (Wildman–Crippen MR) is 89.3 cm³/mol. The number of aryl methyl sites for hydroxylation is 1. The van der Waals surface area contributed by atoms with E-state index in [2.05, 4.69) is 15.1 Å². The fraction of sp³-hybridized carbons (Fsp3) is 0.471. The zero-order valence-electron chi connectivity index (χ0n) is 14.6. The summed E-state index contributed by atoms with van der Waals surface area (Å²) >= 11 is 0. The van der Waals surface area contributed by atoms with Gasteiger partial charge in [0.25, 0.3) is 0 Å². The molecule has 0 N–H and O–H groups in total. The molecule has 0 atom stereocenters. The third-order valence-electron chi connectivity index (χ3n) is 4.42. The third-order valence-corrected chi connectivity index (χ3v) is 4.42. The van der Waals surface area contributed by atoms with Gasteiger partial charge < -0.3 is 14.3 Å². The maximum Gasteiger partial charge on any atom is 0.247 e. The second kappa shape index (κ2) is 6.62. The third kappa shape index (κ3) is 3.38. The highest BCUT2D eigenvalue weighted by atomic mass is 16.5. The summed E-state index contributed by atoms with van der Waals surface area (Å²) in [6.45, 7) is 4.61. The molecule has 132 valence electrons. The smallest absolute Gasteiger partial charge is 0.247 e. The summed E-state index contributed by atoms with van der Waals surface area (Å²) in [5.41, 5.74) is -0.215. The molecular formula is C17H21N5O3. The van der Waals surface area contributed by atoms with Gasteiger partial charge in [0.05, 0.1) is 0 Å². The normalized spacial score (nSPS) is 17.0. The zero-order valence-corrected chi connectivity index (χ0v) is 14.6. The van der Waals surface area contributed by atoms with Crippen molar-refractivity contribution in [2.45, 2.75) is 32.2 Å². The van der Waals surface area contributed by atoms with Crippen molar-refractivity contribution in [2.75, 3.05) is 20.1 Å². The molecule has 1 aliphatic heterocycles. The summed E-state index contributed by atoms with van der Waals surface area (Å²) in [6, 6.07) is 5.44. The first-order valence-electron chi connectivity index (χ1n) is 8.19. The molecule has 1 aliphatic rings. The molecule has 0 radical (unpaired) electrons. The van der Waals surface area contributed by atoms with Crippen molar-refractivity contribution in [3.05, 3.63) is 30.3 Å². The van der Waals surface area contributed by atoms with Gasteiger partial charge in [-0.3, -0.25) is 14.6 Å². The summed E-state index contributed by atoms with van der Waals surface area (Å²) in [5.74, 6) is 0.636. The second-order valence-electron chi connectivity index (χ2n) is 6.56. The minimum absolute atomic E-state index is 0.0534. The lowest BCUT2D eigenvalue weighted by atomic mass is 9.97. The van der Waals surface area contributed by atoms with E-state index >= 15 is 0 Å². The zero-order chi connectivity index (χ0) is 18.0. The first-order chi connectivity index (χ1) is 11.9. The van der Waals surface area contributed by atoms with E-state index in [0.29, 0.717) is 36.9 Å². The van der Waals surface area contributed by atoms with Crippen molar-refractivity contribution >= 4 is 11.8 Å². The minimum Gasteiger partial charge on any atom is -0.342 e. The van der Waals surface area contributed by atoms with Crippen LogP contribution in [0.4, 0.5) is 0 Å². The summed E-state index contributed by atoms with van der Waals surface area (Å²) in [5, 5.41) is 3.89. The number of piperazine rings is 1. The molecule has 3 rings (SSSR count). The summed E-state index contributed by atoms with van der Waals surface area (Å²) in [6.07, 6.45) is 2.20. The average Bonchev–Trinajstić information content (AvgIpc) is 3.07. The number of carbonyl (C=O) groups is 2. The molecule has 0 bridgehead atoms. The van der Waals surface area contributed by atoms with Crippen molar-refractivity contribution in [2.24, 2.45) is 0 Å². The topological polar surface area (TPSA) is 92.4 Å². The Labute approximate surface area is 145 Å². The number of likely N-dealkylation sites (N-methyl/N-ethyl adjacent to an activating group) is 1. The Morgan fingerprint density at radius 2 is 2.12 bits per heavy atom. The molecule has 1 saturated heterocycles. The molecule has 2 aromatic rings. The molecule has 0 unspecified atom stereocenters.